The summed E-state index contributed by atoms with van der Waals surface area (Å²) in [7, 11) is 0. The molecule has 1 saturated carbocycles. The molecule has 0 bridgehead atoms. The molecule has 0 spiro atoms. The molecule has 18 heavy (non-hydrogen) atoms. The third kappa shape index (κ3) is 3.02. The van der Waals surface area contributed by atoms with Gasteiger partial charge in [-0.1, -0.05) is 6.07 Å². The number of nitrogens with zero attached hydrogens (tertiary/aromatic N) is 1. The topological polar surface area (TPSA) is 23.5 Å². The van der Waals surface area contributed by atoms with Crippen LogP contribution in [0.4, 0.5) is 10.1 Å². The molecule has 1 atom stereocenters. The van der Waals surface area contributed by atoms with E-state index in [1.54, 1.807) is 13.0 Å². The molecule has 0 aromatic heterocycles. The Kier molecular flexibility index (Phi) is 3.91. The molecule has 0 unspecified atom stereocenters. The number of rotatable bonds is 5. The number of halogens is 1. The van der Waals surface area contributed by atoms with Crippen LogP contribution in [-0.2, 0) is 0 Å². The Balaban J connectivity index is 2.23. The summed E-state index contributed by atoms with van der Waals surface area (Å²) in [6.07, 6.45) is 1.90. The molecule has 2 nitrogen and oxygen atoms in total. The fourth-order valence-corrected chi connectivity index (χ4v) is 2.18. The summed E-state index contributed by atoms with van der Waals surface area (Å²) in [6.45, 7) is 6.76. The van der Waals surface area contributed by atoms with Crippen molar-refractivity contribution in [3.8, 4) is 0 Å². The average Bonchev–Trinajstić information content (AvgIpc) is 3.09. The highest BCUT2D eigenvalue weighted by atomic mass is 19.1. The van der Waals surface area contributed by atoms with E-state index in [-0.39, 0.29) is 11.9 Å². The Morgan fingerprint density at radius 3 is 2.44 bits per heavy atom. The average molecular weight is 251 g/mol. The maximum Gasteiger partial charge on any atom is 0.146 e. The van der Waals surface area contributed by atoms with Gasteiger partial charge in [-0.25, -0.2) is 4.39 Å². The molecule has 2 rings (SSSR count). The second-order valence-electron chi connectivity index (χ2n) is 5.58. The van der Waals surface area contributed by atoms with Crippen LogP contribution in [0.5, 0.6) is 0 Å². The van der Waals surface area contributed by atoms with Gasteiger partial charge in [0.1, 0.15) is 5.82 Å². The molecule has 0 aliphatic heterocycles. The number of aliphatic hydroxyl groups is 1. The molecule has 1 N–H and O–H groups in total. The molecule has 0 heterocycles. The number of benzene rings is 1. The largest absolute Gasteiger partial charge is 0.389 e. The van der Waals surface area contributed by atoms with Crippen molar-refractivity contribution in [3.63, 3.8) is 0 Å². The van der Waals surface area contributed by atoms with Crippen molar-refractivity contribution in [2.75, 3.05) is 11.4 Å². The predicted molar refractivity (Wildman–Crippen MR) is 72.2 cm³/mol. The molecule has 1 aromatic rings. The van der Waals surface area contributed by atoms with Gasteiger partial charge in [0.25, 0.3) is 0 Å². The van der Waals surface area contributed by atoms with E-state index in [1.807, 2.05) is 6.07 Å². The van der Waals surface area contributed by atoms with E-state index >= 15 is 0 Å². The molecular formula is C15H22FNO. The number of anilines is 1. The van der Waals surface area contributed by atoms with E-state index in [2.05, 4.69) is 18.7 Å². The van der Waals surface area contributed by atoms with E-state index < -0.39 is 6.10 Å². The van der Waals surface area contributed by atoms with E-state index in [0.29, 0.717) is 11.3 Å². The zero-order valence-electron chi connectivity index (χ0n) is 11.4. The molecule has 0 saturated heterocycles. The predicted octanol–water partition coefficient (Wildman–Crippen LogP) is 3.50. The molecule has 0 radical (unpaired) electrons. The second-order valence-corrected chi connectivity index (χ2v) is 5.58. The minimum absolute atomic E-state index is 0.234. The van der Waals surface area contributed by atoms with Crippen molar-refractivity contribution < 1.29 is 9.50 Å². The Hall–Kier alpha value is -1.09. The molecule has 1 aromatic carbocycles. The first-order valence-corrected chi connectivity index (χ1v) is 6.73. The molecule has 100 valence electrons. The van der Waals surface area contributed by atoms with Crippen LogP contribution >= 0.6 is 0 Å². The van der Waals surface area contributed by atoms with Gasteiger partial charge >= 0.3 is 0 Å². The molecule has 1 aliphatic rings. The van der Waals surface area contributed by atoms with Gasteiger partial charge in [-0.05, 0) is 57.2 Å². The van der Waals surface area contributed by atoms with Crippen molar-refractivity contribution in [1.82, 2.24) is 0 Å². The van der Waals surface area contributed by atoms with Gasteiger partial charge in [0.2, 0.25) is 0 Å². The SMILES string of the molecule is CC(C)N(CC1CC1)c1ccc([C@H](C)O)cc1F. The normalized spacial score (nSPS) is 17.0. The maximum atomic E-state index is 14.1. The quantitative estimate of drug-likeness (QED) is 0.865. The lowest BCUT2D eigenvalue weighted by Gasteiger charge is -2.29. The minimum atomic E-state index is -0.621. The highest BCUT2D eigenvalue weighted by molar-refractivity contribution is 5.50. The Morgan fingerprint density at radius 2 is 2.00 bits per heavy atom. The Morgan fingerprint density at radius 1 is 1.33 bits per heavy atom. The summed E-state index contributed by atoms with van der Waals surface area (Å²) in [4.78, 5) is 2.12. The summed E-state index contributed by atoms with van der Waals surface area (Å²) in [5.74, 6) is 0.492. The highest BCUT2D eigenvalue weighted by Gasteiger charge is 2.27. The molecule has 1 aliphatic carbocycles. The molecular weight excluding hydrogens is 229 g/mol. The van der Waals surface area contributed by atoms with E-state index in [1.165, 1.54) is 18.9 Å². The second kappa shape index (κ2) is 5.27. The lowest BCUT2D eigenvalue weighted by Crippen LogP contribution is -2.33. The maximum absolute atomic E-state index is 14.1. The van der Waals surface area contributed by atoms with E-state index in [0.717, 1.165) is 12.5 Å². The lowest BCUT2D eigenvalue weighted by molar-refractivity contribution is 0.199. The zero-order valence-corrected chi connectivity index (χ0v) is 11.4. The number of aliphatic hydroxyl groups excluding tert-OH is 1. The first-order chi connectivity index (χ1) is 8.49. The van der Waals surface area contributed by atoms with Crippen LogP contribution in [0, 0.1) is 11.7 Å². The van der Waals surface area contributed by atoms with Crippen molar-refractivity contribution in [2.24, 2.45) is 5.92 Å². The van der Waals surface area contributed by atoms with Gasteiger partial charge in [-0.3, -0.25) is 0 Å². The van der Waals surface area contributed by atoms with Crippen molar-refractivity contribution in [2.45, 2.75) is 45.8 Å². The Labute approximate surface area is 108 Å². The third-order valence-corrected chi connectivity index (χ3v) is 3.54. The van der Waals surface area contributed by atoms with Crippen LogP contribution in [0.3, 0.4) is 0 Å². The molecule has 0 amide bonds. The van der Waals surface area contributed by atoms with Gasteiger partial charge < -0.3 is 10.0 Å². The van der Waals surface area contributed by atoms with E-state index in [9.17, 15) is 9.50 Å². The summed E-state index contributed by atoms with van der Waals surface area (Å²) in [5.41, 5.74) is 1.28. The standard InChI is InChI=1S/C15H22FNO/c1-10(2)17(9-12-4-5-12)15-7-6-13(11(3)18)8-14(15)16/h6-8,10-12,18H,4-5,9H2,1-3H3/t11-/m0/s1. The fraction of sp³-hybridized carbons (Fsp3) is 0.600. The van der Waals surface area contributed by atoms with Crippen LogP contribution in [0.1, 0.15) is 45.3 Å². The van der Waals surface area contributed by atoms with Crippen molar-refractivity contribution in [3.05, 3.63) is 29.6 Å². The lowest BCUT2D eigenvalue weighted by atomic mass is 10.1. The van der Waals surface area contributed by atoms with Crippen LogP contribution in [0.15, 0.2) is 18.2 Å². The molecule has 1 fully saturated rings. The monoisotopic (exact) mass is 251 g/mol. The fourth-order valence-electron chi connectivity index (χ4n) is 2.18. The van der Waals surface area contributed by atoms with Gasteiger partial charge in [0, 0.05) is 12.6 Å². The van der Waals surface area contributed by atoms with Gasteiger partial charge in [-0.2, -0.15) is 0 Å². The summed E-state index contributed by atoms with van der Waals surface area (Å²) >= 11 is 0. The summed E-state index contributed by atoms with van der Waals surface area (Å²) < 4.78 is 14.1. The van der Waals surface area contributed by atoms with Crippen molar-refractivity contribution in [1.29, 1.82) is 0 Å². The zero-order chi connectivity index (χ0) is 13.3. The van der Waals surface area contributed by atoms with Gasteiger partial charge in [0.15, 0.2) is 0 Å². The van der Waals surface area contributed by atoms with Crippen LogP contribution < -0.4 is 4.90 Å². The first-order valence-electron chi connectivity index (χ1n) is 6.73. The number of hydrogen-bond acceptors (Lipinski definition) is 2. The van der Waals surface area contributed by atoms with Crippen LogP contribution in [0.2, 0.25) is 0 Å². The summed E-state index contributed by atoms with van der Waals surface area (Å²) in [6, 6.07) is 5.34. The van der Waals surface area contributed by atoms with Gasteiger partial charge in [-0.15, -0.1) is 0 Å². The first kappa shape index (κ1) is 13.3. The minimum Gasteiger partial charge on any atom is -0.389 e. The van der Waals surface area contributed by atoms with Crippen LogP contribution in [0.25, 0.3) is 0 Å². The van der Waals surface area contributed by atoms with E-state index in [4.69, 9.17) is 0 Å². The summed E-state index contributed by atoms with van der Waals surface area (Å²) in [5, 5.41) is 9.46. The van der Waals surface area contributed by atoms with Crippen molar-refractivity contribution >= 4 is 5.69 Å². The Bertz CT molecular complexity index is 413. The highest BCUT2D eigenvalue weighted by Crippen LogP contribution is 2.33. The smallest absolute Gasteiger partial charge is 0.146 e. The van der Waals surface area contributed by atoms with Gasteiger partial charge in [0.05, 0.1) is 11.8 Å². The molecule has 3 heteroatoms. The van der Waals surface area contributed by atoms with Crippen LogP contribution in [-0.4, -0.2) is 17.7 Å². The third-order valence-electron chi connectivity index (χ3n) is 3.54. The number of hydrogen-bond donors (Lipinski definition) is 1.